The van der Waals surface area contributed by atoms with Crippen LogP contribution in [-0.2, 0) is 10.8 Å². The van der Waals surface area contributed by atoms with Gasteiger partial charge in [0.15, 0.2) is 0 Å². The molecule has 0 N–H and O–H groups in total. The molecule has 3 heteroatoms. The number of aryl methyl sites for hydroxylation is 1. The third kappa shape index (κ3) is 4.29. The number of benzene rings is 1. The summed E-state index contributed by atoms with van der Waals surface area (Å²) in [6.45, 7) is 15.1. The quantitative estimate of drug-likeness (QED) is 0.634. The summed E-state index contributed by atoms with van der Waals surface area (Å²) in [5.74, 6) is 0.820. The molecular formula is C16H24Cl2O. The van der Waals surface area contributed by atoms with Crippen molar-refractivity contribution < 1.29 is 4.74 Å². The van der Waals surface area contributed by atoms with Gasteiger partial charge in [-0.25, -0.2) is 0 Å². The average molecular weight is 303 g/mol. The van der Waals surface area contributed by atoms with E-state index in [0.717, 1.165) is 16.9 Å². The van der Waals surface area contributed by atoms with Crippen molar-refractivity contribution in [3.8, 4) is 5.75 Å². The van der Waals surface area contributed by atoms with Crippen LogP contribution in [0.25, 0.3) is 0 Å². The molecule has 0 amide bonds. The van der Waals surface area contributed by atoms with E-state index < -0.39 is 5.02 Å². The molecule has 19 heavy (non-hydrogen) atoms. The van der Waals surface area contributed by atoms with Crippen LogP contribution in [0.5, 0.6) is 5.75 Å². The van der Waals surface area contributed by atoms with Crippen LogP contribution in [0, 0.1) is 6.92 Å². The van der Waals surface area contributed by atoms with Crippen molar-refractivity contribution in [1.29, 1.82) is 0 Å². The van der Waals surface area contributed by atoms with Gasteiger partial charge in [0, 0.05) is 11.1 Å². The van der Waals surface area contributed by atoms with Crippen LogP contribution in [0.1, 0.15) is 58.2 Å². The van der Waals surface area contributed by atoms with Crippen LogP contribution < -0.4 is 4.74 Å². The van der Waals surface area contributed by atoms with E-state index in [2.05, 4.69) is 60.6 Å². The van der Waals surface area contributed by atoms with Crippen molar-refractivity contribution in [2.24, 2.45) is 0 Å². The van der Waals surface area contributed by atoms with E-state index in [1.807, 2.05) is 0 Å². The average Bonchev–Trinajstić information content (AvgIpc) is 2.16. The number of alkyl halides is 2. The number of hydrogen-bond acceptors (Lipinski definition) is 1. The maximum Gasteiger partial charge on any atom is 0.247 e. The normalized spacial score (nSPS) is 12.9. The fourth-order valence-corrected chi connectivity index (χ4v) is 2.28. The predicted octanol–water partition coefficient (Wildman–Crippen LogP) is 5.73. The van der Waals surface area contributed by atoms with Gasteiger partial charge in [0.05, 0.1) is 0 Å². The van der Waals surface area contributed by atoms with Crippen molar-refractivity contribution in [1.82, 2.24) is 0 Å². The van der Waals surface area contributed by atoms with Gasteiger partial charge in [0.25, 0.3) is 0 Å². The van der Waals surface area contributed by atoms with Crippen molar-refractivity contribution in [2.45, 2.75) is 64.3 Å². The third-order valence-corrected chi connectivity index (χ3v) is 3.23. The maximum absolute atomic E-state index is 5.84. The molecule has 0 aliphatic heterocycles. The van der Waals surface area contributed by atoms with Crippen LogP contribution >= 0.6 is 23.2 Å². The molecule has 0 unspecified atom stereocenters. The minimum absolute atomic E-state index is 0.0238. The SMILES string of the molecule is Cc1cc(C(C)(C)C)c(OC(Cl)Cl)c(C(C)(C)C)c1. The lowest BCUT2D eigenvalue weighted by molar-refractivity contribution is 0.331. The number of ether oxygens (including phenoxy) is 1. The molecule has 0 saturated heterocycles. The summed E-state index contributed by atoms with van der Waals surface area (Å²) in [5.41, 5.74) is 3.46. The first kappa shape index (κ1) is 16.7. The van der Waals surface area contributed by atoms with E-state index in [4.69, 9.17) is 27.9 Å². The van der Waals surface area contributed by atoms with Gasteiger partial charge >= 0.3 is 0 Å². The summed E-state index contributed by atoms with van der Waals surface area (Å²) in [5, 5.41) is -0.857. The molecule has 0 aliphatic carbocycles. The van der Waals surface area contributed by atoms with E-state index in [1.165, 1.54) is 5.56 Å². The Hall–Kier alpha value is -0.400. The Bertz CT molecular complexity index is 416. The van der Waals surface area contributed by atoms with Gasteiger partial charge in [-0.15, -0.1) is 0 Å². The Kier molecular flexibility index (Phi) is 4.85. The number of rotatable bonds is 2. The lowest BCUT2D eigenvalue weighted by Gasteiger charge is -2.30. The van der Waals surface area contributed by atoms with Gasteiger partial charge < -0.3 is 4.74 Å². The van der Waals surface area contributed by atoms with E-state index in [-0.39, 0.29) is 10.8 Å². The first-order chi connectivity index (χ1) is 8.43. The summed E-state index contributed by atoms with van der Waals surface area (Å²) in [7, 11) is 0. The van der Waals surface area contributed by atoms with Crippen molar-refractivity contribution in [3.05, 3.63) is 28.8 Å². The van der Waals surface area contributed by atoms with Crippen molar-refractivity contribution in [2.75, 3.05) is 0 Å². The second-order valence-electron chi connectivity index (χ2n) is 7.07. The van der Waals surface area contributed by atoms with Gasteiger partial charge in [-0.2, -0.15) is 0 Å². The molecule has 0 bridgehead atoms. The minimum atomic E-state index is -0.857. The van der Waals surface area contributed by atoms with Gasteiger partial charge in [-0.1, -0.05) is 82.4 Å². The summed E-state index contributed by atoms with van der Waals surface area (Å²) < 4.78 is 5.72. The molecule has 0 aromatic heterocycles. The molecule has 1 aromatic rings. The first-order valence-electron chi connectivity index (χ1n) is 6.53. The Morgan fingerprint density at radius 1 is 0.895 bits per heavy atom. The molecule has 108 valence electrons. The molecule has 0 radical (unpaired) electrons. The molecule has 1 nitrogen and oxygen atoms in total. The zero-order valence-electron chi connectivity index (χ0n) is 12.9. The Labute approximate surface area is 127 Å². The predicted molar refractivity (Wildman–Crippen MR) is 84.7 cm³/mol. The van der Waals surface area contributed by atoms with E-state index >= 15 is 0 Å². The van der Waals surface area contributed by atoms with Gasteiger partial charge in [-0.3, -0.25) is 0 Å². The highest BCUT2D eigenvalue weighted by Gasteiger charge is 2.28. The zero-order valence-corrected chi connectivity index (χ0v) is 14.4. The lowest BCUT2D eigenvalue weighted by Crippen LogP contribution is -2.21. The van der Waals surface area contributed by atoms with Crippen LogP contribution in [0.3, 0.4) is 0 Å². The van der Waals surface area contributed by atoms with Gasteiger partial charge in [0.2, 0.25) is 5.02 Å². The fraction of sp³-hybridized carbons (Fsp3) is 0.625. The fourth-order valence-electron chi connectivity index (χ4n) is 2.10. The van der Waals surface area contributed by atoms with Crippen molar-refractivity contribution >= 4 is 23.2 Å². The number of hydrogen-bond donors (Lipinski definition) is 0. The monoisotopic (exact) mass is 302 g/mol. The highest BCUT2D eigenvalue weighted by Crippen LogP contribution is 2.41. The first-order valence-corrected chi connectivity index (χ1v) is 7.40. The zero-order chi connectivity index (χ0) is 15.0. The van der Waals surface area contributed by atoms with E-state index in [1.54, 1.807) is 0 Å². The minimum Gasteiger partial charge on any atom is -0.460 e. The number of halogens is 2. The Morgan fingerprint density at radius 2 is 1.26 bits per heavy atom. The van der Waals surface area contributed by atoms with Crippen LogP contribution in [0.15, 0.2) is 12.1 Å². The summed E-state index contributed by atoms with van der Waals surface area (Å²) in [6, 6.07) is 4.31. The van der Waals surface area contributed by atoms with Crippen LogP contribution in [0.2, 0.25) is 0 Å². The smallest absolute Gasteiger partial charge is 0.247 e. The maximum atomic E-state index is 5.84. The van der Waals surface area contributed by atoms with Gasteiger partial charge in [-0.05, 0) is 17.8 Å². The summed E-state index contributed by atoms with van der Waals surface area (Å²) in [4.78, 5) is 0. The molecule has 0 saturated carbocycles. The molecule has 0 heterocycles. The third-order valence-electron chi connectivity index (χ3n) is 3.06. The Morgan fingerprint density at radius 3 is 1.53 bits per heavy atom. The molecule has 0 atom stereocenters. The summed E-state index contributed by atoms with van der Waals surface area (Å²) in [6.07, 6.45) is 0. The van der Waals surface area contributed by atoms with Crippen LogP contribution in [-0.4, -0.2) is 5.02 Å². The van der Waals surface area contributed by atoms with Crippen LogP contribution in [0.4, 0.5) is 0 Å². The molecule has 1 rings (SSSR count). The van der Waals surface area contributed by atoms with E-state index in [9.17, 15) is 0 Å². The molecular weight excluding hydrogens is 279 g/mol. The highest BCUT2D eigenvalue weighted by molar-refractivity contribution is 6.43. The standard InChI is InChI=1S/C16H24Cl2O/c1-10-8-11(15(2,3)4)13(19-14(17)18)12(9-10)16(5,6)7/h8-9,14H,1-7H3. The highest BCUT2D eigenvalue weighted by atomic mass is 35.5. The van der Waals surface area contributed by atoms with E-state index in [0.29, 0.717) is 0 Å². The molecule has 0 aliphatic rings. The Balaban J connectivity index is 3.58. The molecule has 0 fully saturated rings. The topological polar surface area (TPSA) is 9.23 Å². The lowest BCUT2D eigenvalue weighted by atomic mass is 9.78. The second-order valence-corrected chi connectivity index (χ2v) is 8.08. The van der Waals surface area contributed by atoms with Gasteiger partial charge in [0.1, 0.15) is 5.75 Å². The largest absolute Gasteiger partial charge is 0.460 e. The summed E-state index contributed by atoms with van der Waals surface area (Å²) >= 11 is 11.7. The second kappa shape index (κ2) is 5.54. The molecule has 0 spiro atoms. The van der Waals surface area contributed by atoms with Crippen molar-refractivity contribution in [3.63, 3.8) is 0 Å². The molecule has 1 aromatic carbocycles.